The van der Waals surface area contributed by atoms with Crippen LogP contribution in [0.1, 0.15) is 21.7 Å². The molecule has 4 nitrogen and oxygen atoms in total. The molecule has 0 fully saturated rings. The van der Waals surface area contributed by atoms with Gasteiger partial charge >= 0.3 is 6.18 Å². The van der Waals surface area contributed by atoms with E-state index in [1.807, 2.05) is 0 Å². The van der Waals surface area contributed by atoms with Crippen LogP contribution >= 0.6 is 11.6 Å². The highest BCUT2D eigenvalue weighted by atomic mass is 35.5. The van der Waals surface area contributed by atoms with E-state index in [2.05, 4.69) is 10.4 Å². The Hall–Kier alpha value is -2.02. The summed E-state index contributed by atoms with van der Waals surface area (Å²) in [4.78, 5) is 11.8. The number of aryl methyl sites for hydroxylation is 1. The zero-order valence-corrected chi connectivity index (χ0v) is 11.7. The molecule has 112 valence electrons. The topological polar surface area (TPSA) is 46.9 Å². The minimum atomic E-state index is -4.50. The third kappa shape index (κ3) is 3.75. The van der Waals surface area contributed by atoms with Crippen molar-refractivity contribution >= 4 is 17.5 Å². The lowest BCUT2D eigenvalue weighted by Gasteiger charge is -2.05. The van der Waals surface area contributed by atoms with Gasteiger partial charge in [-0.15, -0.1) is 0 Å². The summed E-state index contributed by atoms with van der Waals surface area (Å²) < 4.78 is 38.6. The van der Waals surface area contributed by atoms with Crippen molar-refractivity contribution in [3.05, 3.63) is 52.3 Å². The van der Waals surface area contributed by atoms with Gasteiger partial charge in [0.05, 0.1) is 12.2 Å². The highest BCUT2D eigenvalue weighted by Gasteiger charge is 2.34. The first-order chi connectivity index (χ1) is 9.77. The molecule has 1 heterocycles. The van der Waals surface area contributed by atoms with Crippen LogP contribution in [0.4, 0.5) is 13.2 Å². The summed E-state index contributed by atoms with van der Waals surface area (Å²) in [6, 6.07) is 7.08. The number of aromatic nitrogens is 2. The van der Waals surface area contributed by atoms with E-state index >= 15 is 0 Å². The second-order valence-electron chi connectivity index (χ2n) is 4.33. The minimum Gasteiger partial charge on any atom is -0.346 e. The van der Waals surface area contributed by atoms with Crippen LogP contribution in [0.25, 0.3) is 0 Å². The Kier molecular flexibility index (Phi) is 4.22. The molecule has 0 radical (unpaired) electrons. The van der Waals surface area contributed by atoms with Gasteiger partial charge in [0.25, 0.3) is 5.91 Å². The van der Waals surface area contributed by atoms with Crippen molar-refractivity contribution < 1.29 is 18.0 Å². The molecule has 0 saturated heterocycles. The molecule has 0 aliphatic heterocycles. The number of carbonyl (C=O) groups excluding carboxylic acids is 1. The average molecular weight is 318 g/mol. The van der Waals surface area contributed by atoms with Gasteiger partial charge in [0.1, 0.15) is 0 Å². The summed E-state index contributed by atoms with van der Waals surface area (Å²) in [5, 5.41) is 6.39. The fourth-order valence-corrected chi connectivity index (χ4v) is 1.81. The molecule has 21 heavy (non-hydrogen) atoms. The van der Waals surface area contributed by atoms with Gasteiger partial charge in [-0.1, -0.05) is 11.6 Å². The van der Waals surface area contributed by atoms with E-state index in [1.54, 1.807) is 12.1 Å². The van der Waals surface area contributed by atoms with Gasteiger partial charge in [0.2, 0.25) is 0 Å². The number of rotatable bonds is 3. The Labute approximate surface area is 123 Å². The van der Waals surface area contributed by atoms with Gasteiger partial charge in [-0.05, 0) is 30.3 Å². The zero-order valence-electron chi connectivity index (χ0n) is 10.9. The van der Waals surface area contributed by atoms with Crippen LogP contribution in [0.2, 0.25) is 5.02 Å². The Bertz CT molecular complexity index is 650. The van der Waals surface area contributed by atoms with Crippen LogP contribution in [0.15, 0.2) is 30.3 Å². The van der Waals surface area contributed by atoms with Crippen LogP contribution in [0.3, 0.4) is 0 Å². The number of nitrogens with one attached hydrogen (secondary N) is 1. The summed E-state index contributed by atoms with van der Waals surface area (Å²) in [6.45, 7) is -0.0545. The van der Waals surface area contributed by atoms with Crippen LogP contribution in [0.5, 0.6) is 0 Å². The lowest BCUT2D eigenvalue weighted by Crippen LogP contribution is -2.23. The van der Waals surface area contributed by atoms with Crippen LogP contribution in [-0.4, -0.2) is 15.7 Å². The van der Waals surface area contributed by atoms with E-state index < -0.39 is 17.8 Å². The van der Waals surface area contributed by atoms with Crippen molar-refractivity contribution in [2.45, 2.75) is 12.7 Å². The van der Waals surface area contributed by atoms with E-state index in [0.717, 1.165) is 10.7 Å². The largest absolute Gasteiger partial charge is 0.435 e. The van der Waals surface area contributed by atoms with Gasteiger partial charge in [-0.2, -0.15) is 18.3 Å². The molecular formula is C13H11ClF3N3O. The van der Waals surface area contributed by atoms with Crippen molar-refractivity contribution in [2.24, 2.45) is 7.05 Å². The summed E-state index contributed by atoms with van der Waals surface area (Å²) in [5.74, 6) is -0.401. The molecule has 2 aromatic rings. The number of alkyl halides is 3. The Morgan fingerprint density at radius 3 is 2.48 bits per heavy atom. The zero-order chi connectivity index (χ0) is 15.6. The molecule has 0 bridgehead atoms. The predicted octanol–water partition coefficient (Wildman–Crippen LogP) is 3.02. The first kappa shape index (κ1) is 15.4. The van der Waals surface area contributed by atoms with Crippen molar-refractivity contribution in [1.29, 1.82) is 0 Å². The fraction of sp³-hybridized carbons (Fsp3) is 0.231. The molecule has 1 aromatic carbocycles. The molecule has 0 aliphatic carbocycles. The lowest BCUT2D eigenvalue weighted by atomic mass is 10.2. The quantitative estimate of drug-likeness (QED) is 0.946. The van der Waals surface area contributed by atoms with Crippen LogP contribution in [-0.2, 0) is 19.8 Å². The maximum absolute atomic E-state index is 12.5. The molecule has 1 amide bonds. The van der Waals surface area contributed by atoms with Gasteiger partial charge in [0, 0.05) is 17.6 Å². The molecule has 8 heteroatoms. The Balaban J connectivity index is 2.05. The maximum atomic E-state index is 12.5. The standard InChI is InChI=1S/C13H11ClF3N3O/c1-20-10(6-11(19-20)13(15,16)17)7-18-12(21)8-2-4-9(14)5-3-8/h2-6H,7H2,1H3,(H,18,21). The third-order valence-corrected chi connectivity index (χ3v) is 3.06. The van der Waals surface area contributed by atoms with E-state index in [4.69, 9.17) is 11.6 Å². The van der Waals surface area contributed by atoms with Gasteiger partial charge in [0.15, 0.2) is 5.69 Å². The second-order valence-corrected chi connectivity index (χ2v) is 4.77. The summed E-state index contributed by atoms with van der Waals surface area (Å²) in [5.41, 5.74) is -0.358. The summed E-state index contributed by atoms with van der Waals surface area (Å²) in [6.07, 6.45) is -4.50. The number of amides is 1. The van der Waals surface area contributed by atoms with E-state index in [9.17, 15) is 18.0 Å². The molecular weight excluding hydrogens is 307 g/mol. The molecule has 0 aliphatic rings. The SMILES string of the molecule is Cn1nc(C(F)(F)F)cc1CNC(=O)c1ccc(Cl)cc1. The smallest absolute Gasteiger partial charge is 0.346 e. The molecule has 0 saturated carbocycles. The fourth-order valence-electron chi connectivity index (χ4n) is 1.68. The number of hydrogen-bond donors (Lipinski definition) is 1. The monoisotopic (exact) mass is 317 g/mol. The summed E-state index contributed by atoms with van der Waals surface area (Å²) in [7, 11) is 1.39. The van der Waals surface area contributed by atoms with E-state index in [1.165, 1.54) is 19.2 Å². The number of nitrogens with zero attached hydrogens (tertiary/aromatic N) is 2. The average Bonchev–Trinajstić information content (AvgIpc) is 2.78. The van der Waals surface area contributed by atoms with Crippen LogP contribution in [0, 0.1) is 0 Å². The first-order valence-corrected chi connectivity index (χ1v) is 6.29. The van der Waals surface area contributed by atoms with E-state index in [-0.39, 0.29) is 12.2 Å². The number of hydrogen-bond acceptors (Lipinski definition) is 2. The van der Waals surface area contributed by atoms with Gasteiger partial charge < -0.3 is 5.32 Å². The Morgan fingerprint density at radius 2 is 1.95 bits per heavy atom. The van der Waals surface area contributed by atoms with Crippen molar-refractivity contribution in [3.8, 4) is 0 Å². The first-order valence-electron chi connectivity index (χ1n) is 5.91. The number of benzene rings is 1. The number of carbonyl (C=O) groups is 1. The minimum absolute atomic E-state index is 0.0545. The normalized spacial score (nSPS) is 11.5. The summed E-state index contributed by atoms with van der Waals surface area (Å²) >= 11 is 5.71. The van der Waals surface area contributed by atoms with E-state index in [0.29, 0.717) is 10.6 Å². The highest BCUT2D eigenvalue weighted by Crippen LogP contribution is 2.28. The molecule has 0 atom stereocenters. The number of halogens is 4. The molecule has 0 unspecified atom stereocenters. The van der Waals surface area contributed by atoms with Crippen molar-refractivity contribution in [1.82, 2.24) is 15.1 Å². The van der Waals surface area contributed by atoms with Gasteiger partial charge in [-0.25, -0.2) is 0 Å². The predicted molar refractivity (Wildman–Crippen MR) is 70.8 cm³/mol. The van der Waals surface area contributed by atoms with Crippen LogP contribution < -0.4 is 5.32 Å². The Morgan fingerprint density at radius 1 is 1.33 bits per heavy atom. The molecule has 0 spiro atoms. The molecule has 2 rings (SSSR count). The second kappa shape index (κ2) is 5.77. The van der Waals surface area contributed by atoms with Gasteiger partial charge in [-0.3, -0.25) is 9.48 Å². The maximum Gasteiger partial charge on any atom is 0.435 e. The van der Waals surface area contributed by atoms with Crippen molar-refractivity contribution in [3.63, 3.8) is 0 Å². The van der Waals surface area contributed by atoms with Crippen molar-refractivity contribution in [2.75, 3.05) is 0 Å². The lowest BCUT2D eigenvalue weighted by molar-refractivity contribution is -0.141. The third-order valence-electron chi connectivity index (χ3n) is 2.80. The highest BCUT2D eigenvalue weighted by molar-refractivity contribution is 6.30. The molecule has 1 N–H and O–H groups in total. The molecule has 1 aromatic heterocycles.